The highest BCUT2D eigenvalue weighted by atomic mass is 16.5. The lowest BCUT2D eigenvalue weighted by Gasteiger charge is -2.32. The molecule has 1 aliphatic heterocycles. The van der Waals surface area contributed by atoms with Gasteiger partial charge >= 0.3 is 0 Å². The number of hydrogen-bond donors (Lipinski definition) is 1. The maximum absolute atomic E-state index is 5.97. The Balaban J connectivity index is 1.42. The van der Waals surface area contributed by atoms with Gasteiger partial charge in [0.05, 0.1) is 6.61 Å². The summed E-state index contributed by atoms with van der Waals surface area (Å²) >= 11 is 0. The highest BCUT2D eigenvalue weighted by Gasteiger charge is 2.20. The lowest BCUT2D eigenvalue weighted by atomic mass is 10.0. The van der Waals surface area contributed by atoms with Crippen LogP contribution < -0.4 is 10.1 Å². The fourth-order valence-corrected chi connectivity index (χ4v) is 3.12. The van der Waals surface area contributed by atoms with Crippen LogP contribution in [0.25, 0.3) is 0 Å². The molecule has 0 spiro atoms. The molecule has 1 unspecified atom stereocenters. The van der Waals surface area contributed by atoms with Crippen molar-refractivity contribution in [1.29, 1.82) is 0 Å². The second-order valence-electron chi connectivity index (χ2n) is 6.57. The first kappa shape index (κ1) is 14.9. The summed E-state index contributed by atoms with van der Waals surface area (Å²) in [5, 5.41) is 3.55. The van der Waals surface area contributed by atoms with Crippen molar-refractivity contribution in [2.24, 2.45) is 0 Å². The number of likely N-dealkylation sites (tertiary alicyclic amines) is 1. The Hall–Kier alpha value is -1.06. The smallest absolute Gasteiger partial charge is 0.119 e. The predicted molar refractivity (Wildman–Crippen MR) is 86.7 cm³/mol. The molecule has 3 nitrogen and oxygen atoms in total. The summed E-state index contributed by atoms with van der Waals surface area (Å²) in [5.74, 6) is 1.02. The van der Waals surface area contributed by atoms with Gasteiger partial charge in [0.1, 0.15) is 5.75 Å². The van der Waals surface area contributed by atoms with E-state index in [4.69, 9.17) is 4.74 Å². The largest absolute Gasteiger partial charge is 0.494 e. The number of nitrogens with zero attached hydrogens (tertiary/aromatic N) is 1. The Labute approximate surface area is 128 Å². The zero-order valence-corrected chi connectivity index (χ0v) is 13.2. The Kier molecular flexibility index (Phi) is 5.15. The monoisotopic (exact) mass is 288 g/mol. The van der Waals surface area contributed by atoms with Crippen molar-refractivity contribution >= 4 is 0 Å². The molecule has 1 aromatic rings. The van der Waals surface area contributed by atoms with E-state index in [0.29, 0.717) is 6.04 Å². The van der Waals surface area contributed by atoms with Crippen LogP contribution in [0.1, 0.15) is 44.1 Å². The summed E-state index contributed by atoms with van der Waals surface area (Å²) in [7, 11) is 2.24. The Morgan fingerprint density at radius 1 is 1.24 bits per heavy atom. The second-order valence-corrected chi connectivity index (χ2v) is 6.57. The van der Waals surface area contributed by atoms with Crippen molar-refractivity contribution in [3.8, 4) is 5.75 Å². The molecule has 1 saturated carbocycles. The summed E-state index contributed by atoms with van der Waals surface area (Å²) in [4.78, 5) is 2.49. The van der Waals surface area contributed by atoms with Crippen LogP contribution >= 0.6 is 0 Å². The topological polar surface area (TPSA) is 24.5 Å². The molecule has 116 valence electrons. The minimum Gasteiger partial charge on any atom is -0.494 e. The number of ether oxygens (including phenoxy) is 1. The quantitative estimate of drug-likeness (QED) is 0.834. The Morgan fingerprint density at radius 3 is 2.95 bits per heavy atom. The first-order valence-corrected chi connectivity index (χ1v) is 8.46. The molecule has 1 heterocycles. The van der Waals surface area contributed by atoms with Crippen molar-refractivity contribution in [2.45, 2.75) is 57.2 Å². The number of benzene rings is 1. The first-order chi connectivity index (χ1) is 10.3. The number of nitrogens with one attached hydrogen (secondary N) is 1. The molecule has 0 radical (unpaired) electrons. The van der Waals surface area contributed by atoms with Crippen molar-refractivity contribution in [2.75, 3.05) is 20.2 Å². The van der Waals surface area contributed by atoms with Crippen LogP contribution in [0, 0.1) is 0 Å². The van der Waals surface area contributed by atoms with Crippen molar-refractivity contribution in [3.63, 3.8) is 0 Å². The minimum absolute atomic E-state index is 0.707. The lowest BCUT2D eigenvalue weighted by Crippen LogP contribution is -2.37. The third-order valence-electron chi connectivity index (χ3n) is 4.71. The summed E-state index contributed by atoms with van der Waals surface area (Å²) < 4.78 is 5.97. The van der Waals surface area contributed by atoms with E-state index in [2.05, 4.69) is 41.5 Å². The number of hydrogen-bond acceptors (Lipinski definition) is 3. The molecule has 2 aliphatic rings. The number of rotatable bonds is 7. The fourth-order valence-electron chi connectivity index (χ4n) is 3.12. The van der Waals surface area contributed by atoms with E-state index >= 15 is 0 Å². The zero-order valence-electron chi connectivity index (χ0n) is 13.2. The van der Waals surface area contributed by atoms with Gasteiger partial charge in [-0.05, 0) is 63.4 Å². The molecule has 0 amide bonds. The summed E-state index contributed by atoms with van der Waals surface area (Å²) in [5.41, 5.74) is 1.33. The van der Waals surface area contributed by atoms with Crippen LogP contribution in [-0.4, -0.2) is 37.2 Å². The third kappa shape index (κ3) is 4.72. The van der Waals surface area contributed by atoms with Gasteiger partial charge in [0.2, 0.25) is 0 Å². The van der Waals surface area contributed by atoms with Gasteiger partial charge in [-0.1, -0.05) is 18.6 Å². The molecule has 21 heavy (non-hydrogen) atoms. The maximum Gasteiger partial charge on any atom is 0.119 e. The van der Waals surface area contributed by atoms with Crippen molar-refractivity contribution in [3.05, 3.63) is 29.8 Å². The van der Waals surface area contributed by atoms with Crippen LogP contribution in [0.5, 0.6) is 5.75 Å². The van der Waals surface area contributed by atoms with E-state index in [1.165, 1.54) is 44.2 Å². The highest BCUT2D eigenvalue weighted by molar-refractivity contribution is 5.28. The Morgan fingerprint density at radius 2 is 2.14 bits per heavy atom. The molecule has 0 aromatic heterocycles. The molecular weight excluding hydrogens is 260 g/mol. The van der Waals surface area contributed by atoms with Gasteiger partial charge in [-0.15, -0.1) is 0 Å². The van der Waals surface area contributed by atoms with Crippen LogP contribution in [0.15, 0.2) is 24.3 Å². The van der Waals surface area contributed by atoms with Crippen LogP contribution in [0.4, 0.5) is 0 Å². The van der Waals surface area contributed by atoms with E-state index < -0.39 is 0 Å². The fraction of sp³-hybridized carbons (Fsp3) is 0.667. The highest BCUT2D eigenvalue weighted by Crippen LogP contribution is 2.21. The van der Waals surface area contributed by atoms with Gasteiger partial charge in [0, 0.05) is 18.6 Å². The molecule has 1 aliphatic carbocycles. The zero-order chi connectivity index (χ0) is 14.5. The van der Waals surface area contributed by atoms with E-state index in [1.54, 1.807) is 0 Å². The molecule has 3 heteroatoms. The predicted octanol–water partition coefficient (Wildman–Crippen LogP) is 3.19. The second kappa shape index (κ2) is 7.28. The van der Waals surface area contributed by atoms with Gasteiger partial charge in [0.15, 0.2) is 0 Å². The van der Waals surface area contributed by atoms with Crippen molar-refractivity contribution < 1.29 is 4.74 Å². The summed E-state index contributed by atoms with van der Waals surface area (Å²) in [6, 6.07) is 10.0. The summed E-state index contributed by atoms with van der Waals surface area (Å²) in [6.07, 6.45) is 7.86. The molecule has 2 fully saturated rings. The maximum atomic E-state index is 5.97. The molecule has 3 rings (SSSR count). The number of piperidine rings is 1. The summed E-state index contributed by atoms with van der Waals surface area (Å²) in [6.45, 7) is 3.04. The molecule has 1 N–H and O–H groups in total. The van der Waals surface area contributed by atoms with Gasteiger partial charge in [0.25, 0.3) is 0 Å². The van der Waals surface area contributed by atoms with E-state index in [0.717, 1.165) is 31.4 Å². The van der Waals surface area contributed by atoms with Gasteiger partial charge in [-0.25, -0.2) is 0 Å². The van der Waals surface area contributed by atoms with Crippen LogP contribution in [0.3, 0.4) is 0 Å². The van der Waals surface area contributed by atoms with Crippen LogP contribution in [0.2, 0.25) is 0 Å². The molecule has 1 atom stereocenters. The van der Waals surface area contributed by atoms with E-state index in [9.17, 15) is 0 Å². The van der Waals surface area contributed by atoms with E-state index in [1.807, 2.05) is 0 Å². The SMILES string of the molecule is CN1CCCCC1CCOc1cccc(CNC2CC2)c1. The van der Waals surface area contributed by atoms with Gasteiger partial charge < -0.3 is 15.0 Å². The van der Waals surface area contributed by atoms with Gasteiger partial charge in [-0.3, -0.25) is 0 Å². The standard InChI is InChI=1S/C18H28N2O/c1-20-11-3-2-6-17(20)10-12-21-18-7-4-5-15(13-18)14-19-16-8-9-16/h4-5,7,13,16-17,19H,2-3,6,8-12,14H2,1H3. The van der Waals surface area contributed by atoms with Crippen molar-refractivity contribution in [1.82, 2.24) is 10.2 Å². The van der Waals surface area contributed by atoms with Crippen LogP contribution in [-0.2, 0) is 6.54 Å². The van der Waals surface area contributed by atoms with Gasteiger partial charge in [-0.2, -0.15) is 0 Å². The normalized spacial score (nSPS) is 23.2. The lowest BCUT2D eigenvalue weighted by molar-refractivity contribution is 0.153. The molecule has 0 bridgehead atoms. The minimum atomic E-state index is 0.707. The molecule has 1 aromatic carbocycles. The average Bonchev–Trinajstić information content (AvgIpc) is 3.32. The Bertz CT molecular complexity index is 445. The molecular formula is C18H28N2O. The van der Waals surface area contributed by atoms with E-state index in [-0.39, 0.29) is 0 Å². The third-order valence-corrected chi connectivity index (χ3v) is 4.71. The average molecular weight is 288 g/mol. The molecule has 1 saturated heterocycles. The first-order valence-electron chi connectivity index (χ1n) is 8.46.